The van der Waals surface area contributed by atoms with Crippen LogP contribution in [-0.4, -0.2) is 6.54 Å². The molecule has 0 aliphatic carbocycles. The third-order valence-electron chi connectivity index (χ3n) is 3.05. The van der Waals surface area contributed by atoms with Crippen molar-refractivity contribution in [1.82, 2.24) is 5.32 Å². The SMILES string of the molecule is CCC(CC)CNCc1cc(C)oc1C. The Morgan fingerprint density at radius 3 is 2.40 bits per heavy atom. The van der Waals surface area contributed by atoms with Gasteiger partial charge in [-0.2, -0.15) is 0 Å². The Balaban J connectivity index is 2.34. The molecular formula is C13H23NO. The summed E-state index contributed by atoms with van der Waals surface area (Å²) >= 11 is 0. The number of rotatable bonds is 6. The van der Waals surface area contributed by atoms with Gasteiger partial charge in [-0.3, -0.25) is 0 Å². The molecule has 0 unspecified atom stereocenters. The van der Waals surface area contributed by atoms with Crippen molar-refractivity contribution in [2.24, 2.45) is 5.92 Å². The Labute approximate surface area is 93.1 Å². The highest BCUT2D eigenvalue weighted by molar-refractivity contribution is 5.19. The molecule has 0 radical (unpaired) electrons. The molecule has 0 saturated heterocycles. The highest BCUT2D eigenvalue weighted by Gasteiger charge is 2.06. The van der Waals surface area contributed by atoms with Crippen LogP contribution < -0.4 is 5.32 Å². The molecule has 1 aromatic rings. The van der Waals surface area contributed by atoms with Crippen LogP contribution in [0.4, 0.5) is 0 Å². The summed E-state index contributed by atoms with van der Waals surface area (Å²) in [4.78, 5) is 0. The van der Waals surface area contributed by atoms with E-state index in [1.165, 1.54) is 18.4 Å². The van der Waals surface area contributed by atoms with Crippen molar-refractivity contribution < 1.29 is 4.42 Å². The summed E-state index contributed by atoms with van der Waals surface area (Å²) in [5, 5.41) is 3.50. The second kappa shape index (κ2) is 5.96. The Morgan fingerprint density at radius 2 is 1.93 bits per heavy atom. The molecule has 0 bridgehead atoms. The molecule has 0 aliphatic heterocycles. The lowest BCUT2D eigenvalue weighted by molar-refractivity contribution is 0.446. The highest BCUT2D eigenvalue weighted by Crippen LogP contribution is 2.13. The lowest BCUT2D eigenvalue weighted by Crippen LogP contribution is -2.21. The minimum atomic E-state index is 0.804. The minimum absolute atomic E-state index is 0.804. The van der Waals surface area contributed by atoms with Crippen molar-refractivity contribution in [1.29, 1.82) is 0 Å². The van der Waals surface area contributed by atoms with E-state index in [0.717, 1.165) is 30.5 Å². The molecule has 2 nitrogen and oxygen atoms in total. The van der Waals surface area contributed by atoms with E-state index in [4.69, 9.17) is 4.42 Å². The maximum absolute atomic E-state index is 5.48. The quantitative estimate of drug-likeness (QED) is 0.776. The van der Waals surface area contributed by atoms with Crippen molar-refractivity contribution in [2.75, 3.05) is 6.54 Å². The number of aryl methyl sites for hydroxylation is 2. The molecule has 15 heavy (non-hydrogen) atoms. The van der Waals surface area contributed by atoms with Gasteiger partial charge >= 0.3 is 0 Å². The van der Waals surface area contributed by atoms with Crippen molar-refractivity contribution in [3.8, 4) is 0 Å². The third-order valence-corrected chi connectivity index (χ3v) is 3.05. The van der Waals surface area contributed by atoms with Gasteiger partial charge in [0.15, 0.2) is 0 Å². The molecule has 1 aromatic heterocycles. The standard InChI is InChI=1S/C13H23NO/c1-5-12(6-2)8-14-9-13-7-10(3)15-11(13)4/h7,12,14H,5-6,8-9H2,1-4H3. The van der Waals surface area contributed by atoms with Gasteiger partial charge in [-0.05, 0) is 32.4 Å². The minimum Gasteiger partial charge on any atom is -0.466 e. The molecule has 0 spiro atoms. The maximum Gasteiger partial charge on any atom is 0.105 e. The zero-order valence-corrected chi connectivity index (χ0v) is 10.4. The lowest BCUT2D eigenvalue weighted by Gasteiger charge is -2.12. The van der Waals surface area contributed by atoms with Crippen LogP contribution in [0.2, 0.25) is 0 Å². The summed E-state index contributed by atoms with van der Waals surface area (Å²) in [7, 11) is 0. The maximum atomic E-state index is 5.48. The topological polar surface area (TPSA) is 25.2 Å². The van der Waals surface area contributed by atoms with E-state index >= 15 is 0 Å². The number of furan rings is 1. The molecule has 86 valence electrons. The summed E-state index contributed by atoms with van der Waals surface area (Å²) < 4.78 is 5.48. The summed E-state index contributed by atoms with van der Waals surface area (Å²) in [6.45, 7) is 10.6. The molecule has 0 atom stereocenters. The van der Waals surface area contributed by atoms with Crippen LogP contribution in [-0.2, 0) is 6.54 Å². The molecule has 0 aromatic carbocycles. The summed E-state index contributed by atoms with van der Waals surface area (Å²) in [6.07, 6.45) is 2.51. The zero-order valence-electron chi connectivity index (χ0n) is 10.4. The molecule has 0 saturated carbocycles. The Hall–Kier alpha value is -0.760. The summed E-state index contributed by atoms with van der Waals surface area (Å²) in [6, 6.07) is 2.12. The van der Waals surface area contributed by atoms with E-state index in [1.54, 1.807) is 0 Å². The monoisotopic (exact) mass is 209 g/mol. The van der Waals surface area contributed by atoms with E-state index < -0.39 is 0 Å². The second-order valence-corrected chi connectivity index (χ2v) is 4.25. The van der Waals surface area contributed by atoms with E-state index in [2.05, 4.69) is 25.2 Å². The molecule has 1 rings (SSSR count). The second-order valence-electron chi connectivity index (χ2n) is 4.25. The predicted molar refractivity (Wildman–Crippen MR) is 64.0 cm³/mol. The molecule has 2 heteroatoms. The normalized spacial score (nSPS) is 11.3. The van der Waals surface area contributed by atoms with Gasteiger partial charge in [0, 0.05) is 12.1 Å². The van der Waals surface area contributed by atoms with Gasteiger partial charge in [-0.1, -0.05) is 26.7 Å². The smallest absolute Gasteiger partial charge is 0.105 e. The van der Waals surface area contributed by atoms with Gasteiger partial charge < -0.3 is 9.73 Å². The molecule has 0 aliphatic rings. The van der Waals surface area contributed by atoms with Gasteiger partial charge in [0.05, 0.1) is 0 Å². The van der Waals surface area contributed by atoms with Crippen LogP contribution in [0.1, 0.15) is 43.8 Å². The van der Waals surface area contributed by atoms with E-state index in [9.17, 15) is 0 Å². The van der Waals surface area contributed by atoms with E-state index in [1.807, 2.05) is 13.8 Å². The van der Waals surface area contributed by atoms with Crippen LogP contribution in [0.5, 0.6) is 0 Å². The first-order chi connectivity index (χ1) is 7.17. The van der Waals surface area contributed by atoms with E-state index in [0.29, 0.717) is 0 Å². The fourth-order valence-corrected chi connectivity index (χ4v) is 1.85. The van der Waals surface area contributed by atoms with Crippen molar-refractivity contribution in [3.63, 3.8) is 0 Å². The first kappa shape index (κ1) is 12.3. The predicted octanol–water partition coefficient (Wildman–Crippen LogP) is 3.42. The van der Waals surface area contributed by atoms with Crippen molar-refractivity contribution >= 4 is 0 Å². The van der Waals surface area contributed by atoms with Crippen molar-refractivity contribution in [3.05, 3.63) is 23.2 Å². The van der Waals surface area contributed by atoms with Crippen LogP contribution in [0.25, 0.3) is 0 Å². The lowest BCUT2D eigenvalue weighted by atomic mass is 10.0. The van der Waals surface area contributed by atoms with Crippen LogP contribution in [0.3, 0.4) is 0 Å². The molecular weight excluding hydrogens is 186 g/mol. The Kier molecular flexibility index (Phi) is 4.89. The van der Waals surface area contributed by atoms with Gasteiger partial charge in [0.1, 0.15) is 11.5 Å². The van der Waals surface area contributed by atoms with Crippen LogP contribution >= 0.6 is 0 Å². The summed E-state index contributed by atoms with van der Waals surface area (Å²) in [5.74, 6) is 2.86. The van der Waals surface area contributed by atoms with Gasteiger partial charge in [0.2, 0.25) is 0 Å². The molecule has 0 fully saturated rings. The number of nitrogens with one attached hydrogen (secondary N) is 1. The van der Waals surface area contributed by atoms with Gasteiger partial charge in [0.25, 0.3) is 0 Å². The van der Waals surface area contributed by atoms with Crippen LogP contribution in [0.15, 0.2) is 10.5 Å². The molecule has 1 N–H and O–H groups in total. The van der Waals surface area contributed by atoms with Crippen molar-refractivity contribution in [2.45, 2.75) is 47.1 Å². The summed E-state index contributed by atoms with van der Waals surface area (Å²) in [5.41, 5.74) is 1.29. The van der Waals surface area contributed by atoms with Crippen LogP contribution in [0, 0.1) is 19.8 Å². The van der Waals surface area contributed by atoms with Gasteiger partial charge in [-0.25, -0.2) is 0 Å². The third kappa shape index (κ3) is 3.71. The fraction of sp³-hybridized carbons (Fsp3) is 0.692. The molecule has 0 amide bonds. The van der Waals surface area contributed by atoms with E-state index in [-0.39, 0.29) is 0 Å². The van der Waals surface area contributed by atoms with Gasteiger partial charge in [-0.15, -0.1) is 0 Å². The zero-order chi connectivity index (χ0) is 11.3. The fourth-order valence-electron chi connectivity index (χ4n) is 1.85. The Bertz CT molecular complexity index is 287. The molecule has 1 heterocycles. The highest BCUT2D eigenvalue weighted by atomic mass is 16.3. The average Bonchev–Trinajstić information content (AvgIpc) is 2.52. The number of hydrogen-bond acceptors (Lipinski definition) is 2. The average molecular weight is 209 g/mol. The first-order valence-corrected chi connectivity index (χ1v) is 5.94. The number of hydrogen-bond donors (Lipinski definition) is 1. The largest absolute Gasteiger partial charge is 0.466 e. The first-order valence-electron chi connectivity index (χ1n) is 5.94. The Morgan fingerprint density at radius 1 is 1.27 bits per heavy atom.